The van der Waals surface area contributed by atoms with Crippen LogP contribution in [-0.2, 0) is 11.2 Å². The molecule has 6 nitrogen and oxygen atoms in total. The van der Waals surface area contributed by atoms with Crippen LogP contribution < -0.4 is 15.8 Å². The molecule has 0 atom stereocenters. The van der Waals surface area contributed by atoms with E-state index in [0.717, 1.165) is 12.0 Å². The third-order valence-corrected chi connectivity index (χ3v) is 6.85. The smallest absolute Gasteiger partial charge is 0.251 e. The topological polar surface area (TPSA) is 105 Å². The SMILES string of the molecule is CC1(C)[C@H](NC(=O)c2ccc(CCCC(N)=O)cc2)C(C)(C)[C@H]1Oc1ccc(C#N)c(Cl)c1. The van der Waals surface area contributed by atoms with Gasteiger partial charge in [0.05, 0.1) is 10.6 Å². The van der Waals surface area contributed by atoms with E-state index in [1.165, 1.54) is 0 Å². The van der Waals surface area contributed by atoms with E-state index in [-0.39, 0.29) is 34.8 Å². The van der Waals surface area contributed by atoms with Gasteiger partial charge in [0, 0.05) is 34.9 Å². The van der Waals surface area contributed by atoms with Crippen molar-refractivity contribution in [2.24, 2.45) is 16.6 Å². The molecule has 2 aromatic rings. The highest BCUT2D eigenvalue weighted by molar-refractivity contribution is 6.31. The van der Waals surface area contributed by atoms with Gasteiger partial charge in [0.1, 0.15) is 17.9 Å². The molecule has 2 amide bonds. The molecule has 1 saturated carbocycles. The number of ether oxygens (including phenoxy) is 1. The van der Waals surface area contributed by atoms with Gasteiger partial charge in [-0.05, 0) is 42.7 Å². The maximum atomic E-state index is 13.0. The summed E-state index contributed by atoms with van der Waals surface area (Å²) < 4.78 is 6.27. The minimum atomic E-state index is -0.325. The maximum absolute atomic E-state index is 13.0. The average Bonchev–Trinajstić information content (AvgIpc) is 2.75. The molecule has 1 aliphatic carbocycles. The predicted molar refractivity (Wildman–Crippen MR) is 128 cm³/mol. The zero-order valence-corrected chi connectivity index (χ0v) is 20.2. The molecule has 33 heavy (non-hydrogen) atoms. The Kier molecular flexibility index (Phi) is 7.04. The summed E-state index contributed by atoms with van der Waals surface area (Å²) in [5.41, 5.74) is 6.58. The highest BCUT2D eigenvalue weighted by Gasteiger charge is 2.64. The summed E-state index contributed by atoms with van der Waals surface area (Å²) in [5, 5.41) is 12.6. The third kappa shape index (κ3) is 5.15. The number of nitrogens with one attached hydrogen (secondary N) is 1. The number of carbonyl (C=O) groups excluding carboxylic acids is 2. The number of carbonyl (C=O) groups is 2. The summed E-state index contributed by atoms with van der Waals surface area (Å²) in [4.78, 5) is 23.8. The van der Waals surface area contributed by atoms with Gasteiger partial charge in [0.15, 0.2) is 0 Å². The molecule has 0 heterocycles. The van der Waals surface area contributed by atoms with E-state index in [1.807, 2.05) is 18.2 Å². The van der Waals surface area contributed by atoms with Gasteiger partial charge in [-0.2, -0.15) is 5.26 Å². The van der Waals surface area contributed by atoms with Gasteiger partial charge in [0.25, 0.3) is 5.91 Å². The molecule has 174 valence electrons. The molecule has 0 aliphatic heterocycles. The lowest BCUT2D eigenvalue weighted by Gasteiger charge is -2.63. The Morgan fingerprint density at radius 3 is 2.30 bits per heavy atom. The van der Waals surface area contributed by atoms with E-state index in [4.69, 9.17) is 27.3 Å². The van der Waals surface area contributed by atoms with Crippen molar-refractivity contribution in [3.8, 4) is 11.8 Å². The Balaban J connectivity index is 1.65. The number of nitriles is 1. The standard InChI is InChI=1S/C26H30ClN3O3/c1-25(2)23(26(3,4)24(25)33-19-13-12-18(15-28)20(27)14-19)30-22(32)17-10-8-16(9-11-17)6-5-7-21(29)31/h8-14,23-24H,5-7H2,1-4H3,(H2,29,31)(H,30,32)/t23-,24-. The first-order valence-corrected chi connectivity index (χ1v) is 11.4. The Hall–Kier alpha value is -3.04. The number of halogens is 1. The summed E-state index contributed by atoms with van der Waals surface area (Å²) in [6, 6.07) is 14.4. The van der Waals surface area contributed by atoms with Crippen LogP contribution in [0.1, 0.15) is 62.0 Å². The Bertz CT molecular complexity index is 1070. The second-order valence-electron chi connectivity index (χ2n) is 9.82. The van der Waals surface area contributed by atoms with E-state index in [1.54, 1.807) is 30.3 Å². The van der Waals surface area contributed by atoms with Gasteiger partial charge in [-0.25, -0.2) is 0 Å². The summed E-state index contributed by atoms with van der Waals surface area (Å²) in [6.07, 6.45) is 1.63. The summed E-state index contributed by atoms with van der Waals surface area (Å²) in [7, 11) is 0. The Morgan fingerprint density at radius 2 is 1.76 bits per heavy atom. The monoisotopic (exact) mass is 467 g/mol. The van der Waals surface area contributed by atoms with Gasteiger partial charge in [-0.15, -0.1) is 0 Å². The average molecular weight is 468 g/mol. The minimum Gasteiger partial charge on any atom is -0.489 e. The lowest BCUT2D eigenvalue weighted by atomic mass is 9.49. The number of hydrogen-bond donors (Lipinski definition) is 2. The summed E-state index contributed by atoms with van der Waals surface area (Å²) >= 11 is 6.15. The molecular formula is C26H30ClN3O3. The molecule has 3 rings (SSSR count). The van der Waals surface area contributed by atoms with E-state index in [2.05, 4.69) is 33.0 Å². The fraction of sp³-hybridized carbons (Fsp3) is 0.423. The molecule has 2 aromatic carbocycles. The van der Waals surface area contributed by atoms with Gasteiger partial charge in [0.2, 0.25) is 5.91 Å². The summed E-state index contributed by atoms with van der Waals surface area (Å²) in [6.45, 7) is 8.28. The molecule has 7 heteroatoms. The van der Waals surface area contributed by atoms with Crippen LogP contribution in [0, 0.1) is 22.2 Å². The van der Waals surface area contributed by atoms with Gasteiger partial charge < -0.3 is 15.8 Å². The number of aryl methyl sites for hydroxylation is 1. The highest BCUT2D eigenvalue weighted by atomic mass is 35.5. The van der Waals surface area contributed by atoms with Crippen molar-refractivity contribution >= 4 is 23.4 Å². The Morgan fingerprint density at radius 1 is 1.12 bits per heavy atom. The molecule has 0 bridgehead atoms. The molecule has 0 spiro atoms. The number of nitrogens with zero attached hydrogens (tertiary/aromatic N) is 1. The third-order valence-electron chi connectivity index (χ3n) is 6.53. The quantitative estimate of drug-likeness (QED) is 0.590. The van der Waals surface area contributed by atoms with Crippen LogP contribution in [0.5, 0.6) is 5.75 Å². The largest absolute Gasteiger partial charge is 0.489 e. The first kappa shape index (κ1) is 24.6. The number of rotatable bonds is 8. The van der Waals surface area contributed by atoms with Crippen LogP contribution in [0.4, 0.5) is 0 Å². The predicted octanol–water partition coefficient (Wildman–Crippen LogP) is 4.63. The fourth-order valence-corrected chi connectivity index (χ4v) is 5.31. The highest BCUT2D eigenvalue weighted by Crippen LogP contribution is 2.55. The fourth-order valence-electron chi connectivity index (χ4n) is 5.10. The van der Waals surface area contributed by atoms with Crippen molar-refractivity contribution in [2.45, 2.75) is 59.1 Å². The van der Waals surface area contributed by atoms with Crippen molar-refractivity contribution in [2.75, 3.05) is 0 Å². The van der Waals surface area contributed by atoms with Crippen LogP contribution in [0.15, 0.2) is 42.5 Å². The Labute approximate surface area is 200 Å². The number of benzene rings is 2. The van der Waals surface area contributed by atoms with Crippen molar-refractivity contribution in [1.82, 2.24) is 5.32 Å². The van der Waals surface area contributed by atoms with Crippen LogP contribution >= 0.6 is 11.6 Å². The maximum Gasteiger partial charge on any atom is 0.251 e. The molecule has 3 N–H and O–H groups in total. The number of hydrogen-bond acceptors (Lipinski definition) is 4. The van der Waals surface area contributed by atoms with Crippen LogP contribution in [0.25, 0.3) is 0 Å². The van der Waals surface area contributed by atoms with E-state index in [9.17, 15) is 9.59 Å². The molecule has 0 radical (unpaired) electrons. The number of nitrogens with two attached hydrogens (primary N) is 1. The van der Waals surface area contributed by atoms with Gasteiger partial charge >= 0.3 is 0 Å². The van der Waals surface area contributed by atoms with Crippen LogP contribution in [-0.4, -0.2) is 24.0 Å². The van der Waals surface area contributed by atoms with Crippen molar-refractivity contribution in [1.29, 1.82) is 5.26 Å². The zero-order valence-electron chi connectivity index (χ0n) is 19.4. The molecule has 1 aliphatic rings. The van der Waals surface area contributed by atoms with E-state index >= 15 is 0 Å². The van der Waals surface area contributed by atoms with Crippen molar-refractivity contribution in [3.05, 3.63) is 64.2 Å². The van der Waals surface area contributed by atoms with Crippen LogP contribution in [0.3, 0.4) is 0 Å². The lowest BCUT2D eigenvalue weighted by molar-refractivity contribution is -0.164. The molecule has 0 unspecified atom stereocenters. The van der Waals surface area contributed by atoms with Crippen molar-refractivity contribution < 1.29 is 14.3 Å². The molecule has 0 saturated heterocycles. The second-order valence-corrected chi connectivity index (χ2v) is 10.2. The lowest BCUT2D eigenvalue weighted by Crippen LogP contribution is -2.74. The van der Waals surface area contributed by atoms with E-state index < -0.39 is 0 Å². The first-order valence-electron chi connectivity index (χ1n) is 11.0. The van der Waals surface area contributed by atoms with Gasteiger partial charge in [-0.3, -0.25) is 9.59 Å². The number of amides is 2. The minimum absolute atomic E-state index is 0.105. The normalized spacial score (nSPS) is 20.2. The van der Waals surface area contributed by atoms with Gasteiger partial charge in [-0.1, -0.05) is 51.4 Å². The van der Waals surface area contributed by atoms with Crippen LogP contribution in [0.2, 0.25) is 5.02 Å². The molecule has 1 fully saturated rings. The summed E-state index contributed by atoms with van der Waals surface area (Å²) in [5.74, 6) is 0.160. The van der Waals surface area contributed by atoms with E-state index in [0.29, 0.717) is 34.7 Å². The molecular weight excluding hydrogens is 438 g/mol. The number of primary amides is 1. The molecule has 0 aromatic heterocycles. The first-order chi connectivity index (χ1) is 15.5. The second kappa shape index (κ2) is 9.44. The van der Waals surface area contributed by atoms with Crippen molar-refractivity contribution in [3.63, 3.8) is 0 Å². The zero-order chi connectivity index (χ0) is 24.4.